The number of anilines is 1. The van der Waals surface area contributed by atoms with Crippen LogP contribution >= 0.6 is 0 Å². The number of hydrogen-bond acceptors (Lipinski definition) is 5. The first-order chi connectivity index (χ1) is 9.10. The number of nitrogens with one attached hydrogen (secondary N) is 1. The maximum Gasteiger partial charge on any atom is 0.276 e. The number of methoxy groups -OCH3 is 1. The fraction of sp³-hybridized carbons (Fsp3) is 0.167. The molecule has 6 nitrogen and oxygen atoms in total. The second-order valence-electron chi connectivity index (χ2n) is 3.67. The Balaban J connectivity index is 2.18. The molecule has 2 rings (SSSR count). The topological polar surface area (TPSA) is 77.0 Å². The molecule has 0 fully saturated rings. The van der Waals surface area contributed by atoms with E-state index in [1.165, 1.54) is 25.6 Å². The molecule has 2 aromatic rings. The van der Waals surface area contributed by atoms with Crippen LogP contribution in [-0.4, -0.2) is 28.0 Å². The van der Waals surface area contributed by atoms with Crippen LogP contribution < -0.4 is 10.1 Å². The van der Waals surface area contributed by atoms with Gasteiger partial charge in [0.05, 0.1) is 30.9 Å². The van der Waals surface area contributed by atoms with Gasteiger partial charge in [-0.2, -0.15) is 4.39 Å². The zero-order chi connectivity index (χ0) is 13.8. The van der Waals surface area contributed by atoms with Gasteiger partial charge in [-0.1, -0.05) is 0 Å². The average molecular weight is 262 g/mol. The van der Waals surface area contributed by atoms with Crippen molar-refractivity contribution in [1.82, 2.24) is 15.0 Å². The molecule has 0 unspecified atom stereocenters. The summed E-state index contributed by atoms with van der Waals surface area (Å²) in [4.78, 5) is 23.4. The summed E-state index contributed by atoms with van der Waals surface area (Å²) in [5.41, 5.74) is 0.987. The van der Waals surface area contributed by atoms with Crippen LogP contribution in [0, 0.1) is 12.9 Å². The van der Waals surface area contributed by atoms with Gasteiger partial charge in [-0.05, 0) is 19.1 Å². The first kappa shape index (κ1) is 12.9. The predicted molar refractivity (Wildman–Crippen MR) is 65.5 cm³/mol. The van der Waals surface area contributed by atoms with Gasteiger partial charge in [0.2, 0.25) is 11.8 Å². The summed E-state index contributed by atoms with van der Waals surface area (Å²) in [6.07, 6.45) is 2.57. The van der Waals surface area contributed by atoms with E-state index in [4.69, 9.17) is 4.74 Å². The van der Waals surface area contributed by atoms with Crippen LogP contribution in [0.25, 0.3) is 0 Å². The molecule has 0 aliphatic rings. The third kappa shape index (κ3) is 3.01. The van der Waals surface area contributed by atoms with Crippen LogP contribution in [0.5, 0.6) is 5.88 Å². The highest BCUT2D eigenvalue weighted by atomic mass is 19.1. The number of rotatable bonds is 3. The molecular weight excluding hydrogens is 251 g/mol. The molecule has 0 spiro atoms. The van der Waals surface area contributed by atoms with Crippen molar-refractivity contribution in [3.63, 3.8) is 0 Å². The SMILES string of the molecule is COc1cnc(C(=O)Nc2ccc(F)nc2)c(C)n1. The highest BCUT2D eigenvalue weighted by molar-refractivity contribution is 6.03. The number of halogens is 1. The Morgan fingerprint density at radius 3 is 2.68 bits per heavy atom. The fourth-order valence-corrected chi connectivity index (χ4v) is 1.42. The van der Waals surface area contributed by atoms with Crippen molar-refractivity contribution in [3.05, 3.63) is 41.9 Å². The molecule has 0 atom stereocenters. The monoisotopic (exact) mass is 262 g/mol. The minimum atomic E-state index is -0.613. The van der Waals surface area contributed by atoms with Gasteiger partial charge < -0.3 is 10.1 Å². The summed E-state index contributed by atoms with van der Waals surface area (Å²) >= 11 is 0. The van der Waals surface area contributed by atoms with Crippen LogP contribution in [0.2, 0.25) is 0 Å². The quantitative estimate of drug-likeness (QED) is 0.850. The van der Waals surface area contributed by atoms with Crippen LogP contribution in [0.15, 0.2) is 24.5 Å². The number of ether oxygens (including phenoxy) is 1. The van der Waals surface area contributed by atoms with E-state index in [1.807, 2.05) is 0 Å². The predicted octanol–water partition coefficient (Wildman–Crippen LogP) is 1.58. The molecule has 0 radical (unpaired) electrons. The fourth-order valence-electron chi connectivity index (χ4n) is 1.42. The lowest BCUT2D eigenvalue weighted by molar-refractivity contribution is 0.102. The third-order valence-electron chi connectivity index (χ3n) is 2.33. The molecule has 0 aromatic carbocycles. The molecule has 0 bridgehead atoms. The zero-order valence-electron chi connectivity index (χ0n) is 10.3. The Bertz CT molecular complexity index is 601. The number of hydrogen-bond donors (Lipinski definition) is 1. The molecule has 0 saturated carbocycles. The van der Waals surface area contributed by atoms with Gasteiger partial charge in [-0.15, -0.1) is 0 Å². The van der Waals surface area contributed by atoms with Gasteiger partial charge in [0, 0.05) is 0 Å². The minimum absolute atomic E-state index is 0.171. The Labute approximate surface area is 108 Å². The van der Waals surface area contributed by atoms with Gasteiger partial charge in [0.1, 0.15) is 5.69 Å². The number of nitrogens with zero attached hydrogens (tertiary/aromatic N) is 3. The van der Waals surface area contributed by atoms with E-state index >= 15 is 0 Å². The van der Waals surface area contributed by atoms with E-state index in [2.05, 4.69) is 20.3 Å². The van der Waals surface area contributed by atoms with E-state index in [0.29, 0.717) is 17.3 Å². The third-order valence-corrected chi connectivity index (χ3v) is 2.33. The number of pyridine rings is 1. The Kier molecular flexibility index (Phi) is 3.65. The highest BCUT2D eigenvalue weighted by Crippen LogP contribution is 2.11. The minimum Gasteiger partial charge on any atom is -0.480 e. The molecule has 2 aromatic heterocycles. The van der Waals surface area contributed by atoms with E-state index in [9.17, 15) is 9.18 Å². The van der Waals surface area contributed by atoms with Crippen molar-refractivity contribution < 1.29 is 13.9 Å². The van der Waals surface area contributed by atoms with E-state index < -0.39 is 11.9 Å². The first-order valence-corrected chi connectivity index (χ1v) is 5.40. The van der Waals surface area contributed by atoms with Gasteiger partial charge >= 0.3 is 0 Å². The number of carbonyl (C=O) groups is 1. The summed E-state index contributed by atoms with van der Waals surface area (Å²) in [6, 6.07) is 2.56. The molecule has 98 valence electrons. The Morgan fingerprint density at radius 1 is 1.32 bits per heavy atom. The summed E-state index contributed by atoms with van der Waals surface area (Å²) < 4.78 is 17.5. The second-order valence-corrected chi connectivity index (χ2v) is 3.67. The molecule has 0 saturated heterocycles. The van der Waals surface area contributed by atoms with Crippen molar-refractivity contribution in [2.75, 3.05) is 12.4 Å². The van der Waals surface area contributed by atoms with Crippen LogP contribution in [0.3, 0.4) is 0 Å². The number of amides is 1. The van der Waals surface area contributed by atoms with E-state index in [-0.39, 0.29) is 5.69 Å². The lowest BCUT2D eigenvalue weighted by atomic mass is 10.3. The largest absolute Gasteiger partial charge is 0.480 e. The summed E-state index contributed by atoms with van der Waals surface area (Å²) in [7, 11) is 1.47. The summed E-state index contributed by atoms with van der Waals surface area (Å²) in [6.45, 7) is 1.65. The lowest BCUT2D eigenvalue weighted by Gasteiger charge is -2.07. The number of carbonyl (C=O) groups excluding carboxylic acids is 1. The normalized spacial score (nSPS) is 10.1. The maximum absolute atomic E-state index is 12.6. The van der Waals surface area contributed by atoms with Crippen molar-refractivity contribution in [2.45, 2.75) is 6.92 Å². The van der Waals surface area contributed by atoms with Crippen molar-refractivity contribution in [1.29, 1.82) is 0 Å². The highest BCUT2D eigenvalue weighted by Gasteiger charge is 2.13. The Hall–Kier alpha value is -2.57. The van der Waals surface area contributed by atoms with Crippen LogP contribution in [0.4, 0.5) is 10.1 Å². The molecule has 2 heterocycles. The first-order valence-electron chi connectivity index (χ1n) is 5.40. The zero-order valence-corrected chi connectivity index (χ0v) is 10.3. The summed E-state index contributed by atoms with van der Waals surface area (Å²) in [5, 5.41) is 2.55. The molecule has 1 N–H and O–H groups in total. The molecule has 1 amide bonds. The van der Waals surface area contributed by atoms with Gasteiger partial charge in [0.25, 0.3) is 5.91 Å². The van der Waals surface area contributed by atoms with Gasteiger partial charge in [-0.3, -0.25) is 4.79 Å². The van der Waals surface area contributed by atoms with E-state index in [0.717, 1.165) is 6.07 Å². The molecule has 0 aliphatic heterocycles. The average Bonchev–Trinajstić information content (AvgIpc) is 2.41. The van der Waals surface area contributed by atoms with Crippen molar-refractivity contribution in [2.24, 2.45) is 0 Å². The maximum atomic E-state index is 12.6. The molecule has 0 aliphatic carbocycles. The van der Waals surface area contributed by atoms with Gasteiger partial charge in [0.15, 0.2) is 0 Å². The summed E-state index contributed by atoms with van der Waals surface area (Å²) in [5.74, 6) is -0.725. The second kappa shape index (κ2) is 5.38. The number of aryl methyl sites for hydroxylation is 1. The Morgan fingerprint density at radius 2 is 2.11 bits per heavy atom. The van der Waals surface area contributed by atoms with Crippen molar-refractivity contribution in [3.8, 4) is 5.88 Å². The van der Waals surface area contributed by atoms with Crippen LogP contribution in [0.1, 0.15) is 16.2 Å². The van der Waals surface area contributed by atoms with Crippen LogP contribution in [-0.2, 0) is 0 Å². The van der Waals surface area contributed by atoms with Gasteiger partial charge in [-0.25, -0.2) is 15.0 Å². The lowest BCUT2D eigenvalue weighted by Crippen LogP contribution is -2.16. The smallest absolute Gasteiger partial charge is 0.276 e. The molecule has 7 heteroatoms. The molecular formula is C12H11FN4O2. The van der Waals surface area contributed by atoms with E-state index in [1.54, 1.807) is 6.92 Å². The molecule has 19 heavy (non-hydrogen) atoms. The number of aromatic nitrogens is 3. The van der Waals surface area contributed by atoms with Crippen molar-refractivity contribution >= 4 is 11.6 Å². The standard InChI is InChI=1S/C12H11FN4O2/c1-7-11(15-6-10(16-7)19-2)12(18)17-8-3-4-9(13)14-5-8/h3-6H,1-2H3,(H,17,18).